The topological polar surface area (TPSA) is 78.5 Å². The van der Waals surface area contributed by atoms with Crippen molar-refractivity contribution in [2.75, 3.05) is 11.9 Å². The molecular weight excluding hydrogens is 354 g/mol. The van der Waals surface area contributed by atoms with Crippen molar-refractivity contribution < 1.29 is 14.4 Å². The van der Waals surface area contributed by atoms with E-state index < -0.39 is 6.04 Å². The molecule has 2 aromatic rings. The van der Waals surface area contributed by atoms with E-state index in [0.29, 0.717) is 13.0 Å². The molecule has 146 valence electrons. The van der Waals surface area contributed by atoms with Crippen LogP contribution in [0.4, 0.5) is 10.5 Å². The number of imide groups is 1. The fourth-order valence-electron chi connectivity index (χ4n) is 3.24. The average Bonchev–Trinajstić information content (AvgIpc) is 2.96. The molecule has 1 aliphatic rings. The normalized spacial score (nSPS) is 16.2. The zero-order valence-electron chi connectivity index (χ0n) is 16.2. The Hall–Kier alpha value is -3.15. The van der Waals surface area contributed by atoms with Gasteiger partial charge in [0.25, 0.3) is 5.91 Å². The fourth-order valence-corrected chi connectivity index (χ4v) is 3.24. The third kappa shape index (κ3) is 4.57. The Morgan fingerprint density at radius 2 is 1.82 bits per heavy atom. The summed E-state index contributed by atoms with van der Waals surface area (Å²) in [6.45, 7) is 4.28. The maximum atomic E-state index is 12.5. The van der Waals surface area contributed by atoms with Gasteiger partial charge in [-0.25, -0.2) is 4.79 Å². The Balaban J connectivity index is 1.51. The lowest BCUT2D eigenvalue weighted by atomic mass is 10.1. The summed E-state index contributed by atoms with van der Waals surface area (Å²) in [5.41, 5.74) is 3.97. The van der Waals surface area contributed by atoms with Gasteiger partial charge in [0.2, 0.25) is 5.91 Å². The van der Waals surface area contributed by atoms with Gasteiger partial charge in [-0.2, -0.15) is 0 Å². The van der Waals surface area contributed by atoms with Crippen LogP contribution in [0.25, 0.3) is 0 Å². The van der Waals surface area contributed by atoms with Gasteiger partial charge in [-0.05, 0) is 49.4 Å². The van der Waals surface area contributed by atoms with Crippen LogP contribution in [0.15, 0.2) is 48.5 Å². The third-order valence-corrected chi connectivity index (χ3v) is 5.11. The van der Waals surface area contributed by atoms with Crippen LogP contribution in [-0.2, 0) is 16.0 Å². The highest BCUT2D eigenvalue weighted by Gasteiger charge is 2.37. The monoisotopic (exact) mass is 379 g/mol. The number of carbonyl (C=O) groups excluding carboxylic acids is 3. The predicted octanol–water partition coefficient (Wildman–Crippen LogP) is 3.19. The second kappa shape index (κ2) is 8.69. The number of hydrogen-bond donors (Lipinski definition) is 2. The molecule has 0 spiro atoms. The Bertz CT molecular complexity index is 880. The Labute approximate surface area is 164 Å². The number of amides is 4. The molecule has 0 saturated carbocycles. The summed E-state index contributed by atoms with van der Waals surface area (Å²) < 4.78 is 0. The lowest BCUT2D eigenvalue weighted by molar-refractivity contribution is -0.127. The summed E-state index contributed by atoms with van der Waals surface area (Å²) in [5.74, 6) is -0.432. The molecule has 2 aromatic carbocycles. The van der Waals surface area contributed by atoms with Crippen LogP contribution in [0, 0.1) is 13.8 Å². The first kappa shape index (κ1) is 19.6. The number of hydrogen-bond acceptors (Lipinski definition) is 3. The number of nitrogens with one attached hydrogen (secondary N) is 2. The van der Waals surface area contributed by atoms with Crippen molar-refractivity contribution in [3.8, 4) is 0 Å². The van der Waals surface area contributed by atoms with Crippen molar-refractivity contribution in [2.24, 2.45) is 0 Å². The van der Waals surface area contributed by atoms with E-state index in [1.165, 1.54) is 4.90 Å². The van der Waals surface area contributed by atoms with E-state index in [1.54, 1.807) is 0 Å². The van der Waals surface area contributed by atoms with Crippen molar-refractivity contribution in [1.82, 2.24) is 10.2 Å². The molecule has 6 heteroatoms. The highest BCUT2D eigenvalue weighted by Crippen LogP contribution is 2.19. The molecule has 6 nitrogen and oxygen atoms in total. The average molecular weight is 379 g/mol. The van der Waals surface area contributed by atoms with E-state index in [1.807, 2.05) is 62.4 Å². The van der Waals surface area contributed by atoms with Gasteiger partial charge < -0.3 is 10.6 Å². The van der Waals surface area contributed by atoms with E-state index in [0.717, 1.165) is 22.4 Å². The minimum Gasteiger partial charge on any atom is -0.326 e. The van der Waals surface area contributed by atoms with Crippen molar-refractivity contribution in [3.05, 3.63) is 65.2 Å². The Morgan fingerprint density at radius 1 is 1.07 bits per heavy atom. The standard InChI is InChI=1S/C22H25N3O3/c1-15-7-6-10-18(16(15)2)23-20(26)12-11-19-21(27)25(22(28)24-19)14-13-17-8-4-3-5-9-17/h3-10,19H,11-14H2,1-2H3,(H,23,26)(H,24,28)/t19-/m1/s1. The Morgan fingerprint density at radius 3 is 2.57 bits per heavy atom. The summed E-state index contributed by atoms with van der Waals surface area (Å²) in [5, 5.41) is 5.57. The molecule has 0 bridgehead atoms. The summed E-state index contributed by atoms with van der Waals surface area (Å²) in [4.78, 5) is 38.1. The van der Waals surface area contributed by atoms with Gasteiger partial charge in [0.1, 0.15) is 6.04 Å². The van der Waals surface area contributed by atoms with Crippen LogP contribution in [0.3, 0.4) is 0 Å². The van der Waals surface area contributed by atoms with Crippen LogP contribution in [-0.4, -0.2) is 35.3 Å². The minimum absolute atomic E-state index is 0.163. The summed E-state index contributed by atoms with van der Waals surface area (Å²) in [6.07, 6.45) is 1.06. The second-order valence-corrected chi connectivity index (χ2v) is 7.06. The molecule has 1 atom stereocenters. The number of nitrogens with zero attached hydrogens (tertiary/aromatic N) is 1. The van der Waals surface area contributed by atoms with Gasteiger partial charge >= 0.3 is 6.03 Å². The highest BCUT2D eigenvalue weighted by molar-refractivity contribution is 6.04. The lowest BCUT2D eigenvalue weighted by Crippen LogP contribution is -2.33. The number of anilines is 1. The molecule has 0 unspecified atom stereocenters. The van der Waals surface area contributed by atoms with Crippen molar-refractivity contribution in [2.45, 2.75) is 39.2 Å². The van der Waals surface area contributed by atoms with Crippen LogP contribution < -0.4 is 10.6 Å². The maximum Gasteiger partial charge on any atom is 0.324 e. The third-order valence-electron chi connectivity index (χ3n) is 5.11. The quantitative estimate of drug-likeness (QED) is 0.725. The maximum absolute atomic E-state index is 12.5. The van der Waals surface area contributed by atoms with Gasteiger partial charge in [0.15, 0.2) is 0 Å². The molecule has 28 heavy (non-hydrogen) atoms. The second-order valence-electron chi connectivity index (χ2n) is 7.06. The van der Waals surface area contributed by atoms with Crippen molar-refractivity contribution >= 4 is 23.5 Å². The first-order chi connectivity index (χ1) is 13.5. The fraction of sp³-hybridized carbons (Fsp3) is 0.318. The largest absolute Gasteiger partial charge is 0.326 e. The predicted molar refractivity (Wildman–Crippen MR) is 108 cm³/mol. The molecule has 3 rings (SSSR count). The zero-order chi connectivity index (χ0) is 20.1. The van der Waals surface area contributed by atoms with Crippen LogP contribution in [0.5, 0.6) is 0 Å². The molecule has 0 radical (unpaired) electrons. The van der Waals surface area contributed by atoms with Gasteiger partial charge in [-0.1, -0.05) is 42.5 Å². The molecule has 1 fully saturated rings. The van der Waals surface area contributed by atoms with Crippen LogP contribution >= 0.6 is 0 Å². The van der Waals surface area contributed by atoms with E-state index in [-0.39, 0.29) is 30.7 Å². The first-order valence-electron chi connectivity index (χ1n) is 9.47. The van der Waals surface area contributed by atoms with E-state index >= 15 is 0 Å². The summed E-state index contributed by atoms with van der Waals surface area (Å²) in [7, 11) is 0. The van der Waals surface area contributed by atoms with Gasteiger partial charge in [-0.15, -0.1) is 0 Å². The molecule has 0 aliphatic carbocycles. The number of carbonyl (C=O) groups is 3. The van der Waals surface area contributed by atoms with E-state index in [4.69, 9.17) is 0 Å². The summed E-state index contributed by atoms with van der Waals surface area (Å²) >= 11 is 0. The molecule has 4 amide bonds. The van der Waals surface area contributed by atoms with Crippen LogP contribution in [0.1, 0.15) is 29.5 Å². The molecule has 1 heterocycles. The highest BCUT2D eigenvalue weighted by atomic mass is 16.2. The van der Waals surface area contributed by atoms with E-state index in [9.17, 15) is 14.4 Å². The van der Waals surface area contributed by atoms with Crippen LogP contribution in [0.2, 0.25) is 0 Å². The van der Waals surface area contributed by atoms with Gasteiger partial charge in [-0.3, -0.25) is 14.5 Å². The summed E-state index contributed by atoms with van der Waals surface area (Å²) in [6, 6.07) is 14.4. The molecule has 2 N–H and O–H groups in total. The number of aryl methyl sites for hydroxylation is 1. The molecule has 1 aliphatic heterocycles. The van der Waals surface area contributed by atoms with Gasteiger partial charge in [0, 0.05) is 18.7 Å². The molecular formula is C22H25N3O3. The van der Waals surface area contributed by atoms with Crippen molar-refractivity contribution in [1.29, 1.82) is 0 Å². The molecule has 0 aromatic heterocycles. The first-order valence-corrected chi connectivity index (χ1v) is 9.47. The number of rotatable bonds is 7. The zero-order valence-corrected chi connectivity index (χ0v) is 16.2. The van der Waals surface area contributed by atoms with Gasteiger partial charge in [0.05, 0.1) is 0 Å². The molecule has 1 saturated heterocycles. The number of benzene rings is 2. The Kier molecular flexibility index (Phi) is 6.09. The minimum atomic E-state index is -0.646. The number of urea groups is 1. The SMILES string of the molecule is Cc1cccc(NC(=O)CC[C@H]2NC(=O)N(CCc3ccccc3)C2=O)c1C. The van der Waals surface area contributed by atoms with Crippen molar-refractivity contribution in [3.63, 3.8) is 0 Å². The smallest absolute Gasteiger partial charge is 0.324 e. The lowest BCUT2D eigenvalue weighted by Gasteiger charge is -2.13. The van der Waals surface area contributed by atoms with E-state index in [2.05, 4.69) is 10.6 Å².